The molecule has 1 aromatic carbocycles. The number of nitrogens with zero attached hydrogens (tertiary/aromatic N) is 2. The van der Waals surface area contributed by atoms with Crippen molar-refractivity contribution in [2.24, 2.45) is 0 Å². The number of halogens is 2. The Morgan fingerprint density at radius 3 is 2.84 bits per heavy atom. The largest absolute Gasteiger partial charge is 0.298 e. The van der Waals surface area contributed by atoms with E-state index in [0.717, 1.165) is 24.2 Å². The van der Waals surface area contributed by atoms with E-state index in [1.165, 1.54) is 31.5 Å². The second-order valence-corrected chi connectivity index (χ2v) is 6.54. The molecule has 3 rings (SSSR count). The average Bonchev–Trinajstić information content (AvgIpc) is 2.85. The fourth-order valence-electron chi connectivity index (χ4n) is 3.47. The van der Waals surface area contributed by atoms with Gasteiger partial charge < -0.3 is 0 Å². The van der Waals surface area contributed by atoms with Crippen LogP contribution in [-0.4, -0.2) is 41.5 Å². The van der Waals surface area contributed by atoms with E-state index in [-0.39, 0.29) is 0 Å². The standard InChI is InChI=1S/C15H20Cl2N2/c1-11-15-3-2-6-18(15)7-8-19(11)10-12-4-5-13(16)9-14(12)17/h4-5,9,11,15H,2-3,6-8,10H2,1H3/t11-,15-/m1/s1. The van der Waals surface area contributed by atoms with Gasteiger partial charge in [-0.25, -0.2) is 0 Å². The highest BCUT2D eigenvalue weighted by Crippen LogP contribution is 2.29. The van der Waals surface area contributed by atoms with Gasteiger partial charge in [-0.2, -0.15) is 0 Å². The summed E-state index contributed by atoms with van der Waals surface area (Å²) in [7, 11) is 0. The number of benzene rings is 1. The van der Waals surface area contributed by atoms with Crippen LogP contribution in [0.15, 0.2) is 18.2 Å². The predicted molar refractivity (Wildman–Crippen MR) is 80.9 cm³/mol. The molecule has 2 atom stereocenters. The maximum Gasteiger partial charge on any atom is 0.0465 e. The molecular weight excluding hydrogens is 279 g/mol. The number of hydrogen-bond donors (Lipinski definition) is 0. The smallest absolute Gasteiger partial charge is 0.0465 e. The Labute approximate surface area is 125 Å². The third kappa shape index (κ3) is 2.78. The first-order valence-electron chi connectivity index (χ1n) is 7.07. The molecule has 0 radical (unpaired) electrons. The van der Waals surface area contributed by atoms with Gasteiger partial charge in [-0.15, -0.1) is 0 Å². The highest BCUT2D eigenvalue weighted by Gasteiger charge is 2.36. The van der Waals surface area contributed by atoms with Gasteiger partial charge in [-0.05, 0) is 44.0 Å². The molecule has 19 heavy (non-hydrogen) atoms. The molecule has 0 amide bonds. The Kier molecular flexibility index (Phi) is 4.04. The Morgan fingerprint density at radius 2 is 2.05 bits per heavy atom. The summed E-state index contributed by atoms with van der Waals surface area (Å²) in [5, 5.41) is 1.50. The van der Waals surface area contributed by atoms with Gasteiger partial charge >= 0.3 is 0 Å². The van der Waals surface area contributed by atoms with Crippen molar-refractivity contribution in [3.63, 3.8) is 0 Å². The van der Waals surface area contributed by atoms with E-state index in [2.05, 4.69) is 22.8 Å². The Morgan fingerprint density at radius 1 is 1.21 bits per heavy atom. The van der Waals surface area contributed by atoms with Crippen molar-refractivity contribution in [2.75, 3.05) is 19.6 Å². The van der Waals surface area contributed by atoms with Crippen molar-refractivity contribution < 1.29 is 0 Å². The minimum Gasteiger partial charge on any atom is -0.298 e. The van der Waals surface area contributed by atoms with Crippen molar-refractivity contribution >= 4 is 23.2 Å². The van der Waals surface area contributed by atoms with E-state index < -0.39 is 0 Å². The van der Waals surface area contributed by atoms with Crippen LogP contribution in [0.3, 0.4) is 0 Å². The van der Waals surface area contributed by atoms with Crippen LogP contribution >= 0.6 is 23.2 Å². The zero-order valence-electron chi connectivity index (χ0n) is 11.3. The first-order chi connectivity index (χ1) is 9.15. The number of fused-ring (bicyclic) bond motifs is 1. The highest BCUT2D eigenvalue weighted by atomic mass is 35.5. The van der Waals surface area contributed by atoms with E-state index >= 15 is 0 Å². The summed E-state index contributed by atoms with van der Waals surface area (Å²) in [5.74, 6) is 0. The molecule has 2 nitrogen and oxygen atoms in total. The number of piperazine rings is 1. The molecule has 2 aliphatic rings. The molecular formula is C15H20Cl2N2. The topological polar surface area (TPSA) is 6.48 Å². The van der Waals surface area contributed by atoms with Crippen LogP contribution < -0.4 is 0 Å². The molecule has 4 heteroatoms. The van der Waals surface area contributed by atoms with Crippen molar-refractivity contribution in [3.8, 4) is 0 Å². The molecule has 104 valence electrons. The monoisotopic (exact) mass is 298 g/mol. The van der Waals surface area contributed by atoms with Crippen LogP contribution in [-0.2, 0) is 6.54 Å². The summed E-state index contributed by atoms with van der Waals surface area (Å²) < 4.78 is 0. The molecule has 0 aromatic heterocycles. The highest BCUT2D eigenvalue weighted by molar-refractivity contribution is 6.35. The molecule has 0 unspecified atom stereocenters. The molecule has 0 aliphatic carbocycles. The fourth-order valence-corrected chi connectivity index (χ4v) is 3.94. The minimum atomic E-state index is 0.614. The van der Waals surface area contributed by atoms with Crippen LogP contribution in [0.4, 0.5) is 0 Å². The molecule has 2 fully saturated rings. The number of rotatable bonds is 2. The normalized spacial score (nSPS) is 28.6. The van der Waals surface area contributed by atoms with Crippen LogP contribution in [0.25, 0.3) is 0 Å². The lowest BCUT2D eigenvalue weighted by atomic mass is 10.0. The van der Waals surface area contributed by atoms with E-state index in [1.807, 2.05) is 12.1 Å². The molecule has 0 N–H and O–H groups in total. The van der Waals surface area contributed by atoms with Gasteiger partial charge in [-0.1, -0.05) is 29.3 Å². The molecule has 2 aliphatic heterocycles. The van der Waals surface area contributed by atoms with Crippen molar-refractivity contribution in [1.29, 1.82) is 0 Å². The zero-order valence-corrected chi connectivity index (χ0v) is 12.8. The minimum absolute atomic E-state index is 0.614. The lowest BCUT2D eigenvalue weighted by Crippen LogP contribution is -2.55. The third-order valence-electron chi connectivity index (χ3n) is 4.61. The molecule has 0 spiro atoms. The fraction of sp³-hybridized carbons (Fsp3) is 0.600. The van der Waals surface area contributed by atoms with E-state index in [0.29, 0.717) is 11.1 Å². The van der Waals surface area contributed by atoms with Crippen LogP contribution in [0.2, 0.25) is 10.0 Å². The Hall–Kier alpha value is -0.280. The van der Waals surface area contributed by atoms with Gasteiger partial charge in [0.1, 0.15) is 0 Å². The van der Waals surface area contributed by atoms with Crippen LogP contribution in [0, 0.1) is 0 Å². The Balaban J connectivity index is 1.72. The summed E-state index contributed by atoms with van der Waals surface area (Å²) in [6.07, 6.45) is 2.69. The summed E-state index contributed by atoms with van der Waals surface area (Å²) in [6, 6.07) is 7.18. The lowest BCUT2D eigenvalue weighted by molar-refractivity contribution is 0.0470. The molecule has 0 saturated carbocycles. The molecule has 2 heterocycles. The lowest BCUT2D eigenvalue weighted by Gasteiger charge is -2.43. The maximum absolute atomic E-state index is 6.29. The summed E-state index contributed by atoms with van der Waals surface area (Å²) in [5.41, 5.74) is 1.18. The van der Waals surface area contributed by atoms with Gasteiger partial charge in [0, 0.05) is 41.8 Å². The van der Waals surface area contributed by atoms with Crippen molar-refractivity contribution in [3.05, 3.63) is 33.8 Å². The molecule has 1 aromatic rings. The van der Waals surface area contributed by atoms with Crippen LogP contribution in [0.5, 0.6) is 0 Å². The third-order valence-corrected chi connectivity index (χ3v) is 5.20. The van der Waals surface area contributed by atoms with Gasteiger partial charge in [0.05, 0.1) is 0 Å². The average molecular weight is 299 g/mol. The van der Waals surface area contributed by atoms with Gasteiger partial charge in [0.15, 0.2) is 0 Å². The SMILES string of the molecule is C[C@@H]1[C@H]2CCCN2CCN1Cc1ccc(Cl)cc1Cl. The van der Waals surface area contributed by atoms with E-state index in [4.69, 9.17) is 23.2 Å². The second kappa shape index (κ2) is 5.61. The maximum atomic E-state index is 6.29. The van der Waals surface area contributed by atoms with E-state index in [9.17, 15) is 0 Å². The van der Waals surface area contributed by atoms with Crippen molar-refractivity contribution in [1.82, 2.24) is 9.80 Å². The van der Waals surface area contributed by atoms with Crippen molar-refractivity contribution in [2.45, 2.75) is 38.4 Å². The summed E-state index contributed by atoms with van der Waals surface area (Å²) in [4.78, 5) is 5.20. The second-order valence-electron chi connectivity index (χ2n) is 5.69. The molecule has 0 bridgehead atoms. The summed E-state index contributed by atoms with van der Waals surface area (Å²) >= 11 is 12.2. The Bertz CT molecular complexity index is 463. The van der Waals surface area contributed by atoms with Gasteiger partial charge in [0.2, 0.25) is 0 Å². The number of hydrogen-bond acceptors (Lipinski definition) is 2. The first kappa shape index (κ1) is 13.7. The molecule has 2 saturated heterocycles. The first-order valence-corrected chi connectivity index (χ1v) is 7.83. The quantitative estimate of drug-likeness (QED) is 0.822. The van der Waals surface area contributed by atoms with E-state index in [1.54, 1.807) is 0 Å². The van der Waals surface area contributed by atoms with Gasteiger partial charge in [-0.3, -0.25) is 9.80 Å². The zero-order chi connectivity index (χ0) is 13.4. The van der Waals surface area contributed by atoms with Gasteiger partial charge in [0.25, 0.3) is 0 Å². The summed E-state index contributed by atoms with van der Waals surface area (Å²) in [6.45, 7) is 6.90. The predicted octanol–water partition coefficient (Wildman–Crippen LogP) is 3.66. The van der Waals surface area contributed by atoms with Crippen LogP contribution in [0.1, 0.15) is 25.3 Å².